The summed E-state index contributed by atoms with van der Waals surface area (Å²) in [6, 6.07) is 0.654. The van der Waals surface area contributed by atoms with Gasteiger partial charge in [-0.15, -0.1) is 0 Å². The lowest BCUT2D eigenvalue weighted by Crippen LogP contribution is -2.45. The highest BCUT2D eigenvalue weighted by atomic mass is 16.5. The fourth-order valence-corrected chi connectivity index (χ4v) is 2.56. The highest BCUT2D eigenvalue weighted by Crippen LogP contribution is 2.35. The average molecular weight is 251 g/mol. The molecule has 2 fully saturated rings. The van der Waals surface area contributed by atoms with Gasteiger partial charge in [-0.05, 0) is 19.8 Å². The third-order valence-corrected chi connectivity index (χ3v) is 4.08. The SMILES string of the molecule is CC1OCCC1(O)CNCc1cncn1C1CC1. The van der Waals surface area contributed by atoms with E-state index in [9.17, 15) is 5.11 Å². The molecule has 5 nitrogen and oxygen atoms in total. The van der Waals surface area contributed by atoms with Gasteiger partial charge in [-0.25, -0.2) is 4.98 Å². The molecule has 2 atom stereocenters. The van der Waals surface area contributed by atoms with Crippen LogP contribution in [0.4, 0.5) is 0 Å². The van der Waals surface area contributed by atoms with Gasteiger partial charge in [-0.1, -0.05) is 0 Å². The first-order valence-electron chi connectivity index (χ1n) is 6.74. The van der Waals surface area contributed by atoms with Crippen molar-refractivity contribution in [3.05, 3.63) is 18.2 Å². The molecule has 18 heavy (non-hydrogen) atoms. The van der Waals surface area contributed by atoms with E-state index >= 15 is 0 Å². The Labute approximate surface area is 107 Å². The van der Waals surface area contributed by atoms with Crippen LogP contribution in [-0.4, -0.2) is 39.5 Å². The lowest BCUT2D eigenvalue weighted by atomic mass is 9.97. The summed E-state index contributed by atoms with van der Waals surface area (Å²) in [7, 11) is 0. The first kappa shape index (κ1) is 12.1. The number of ether oxygens (including phenoxy) is 1. The Morgan fingerprint density at radius 1 is 1.61 bits per heavy atom. The van der Waals surface area contributed by atoms with E-state index in [0.29, 0.717) is 25.6 Å². The standard InChI is InChI=1S/C13H21N3O2/c1-10-13(17,4-5-18-10)8-14-6-12-7-15-9-16(12)11-2-3-11/h7,9-11,14,17H,2-6,8H2,1H3. The second kappa shape index (κ2) is 4.64. The molecule has 1 saturated carbocycles. The van der Waals surface area contributed by atoms with Crippen molar-refractivity contribution < 1.29 is 9.84 Å². The minimum atomic E-state index is -0.718. The summed E-state index contributed by atoms with van der Waals surface area (Å²) in [4.78, 5) is 4.20. The van der Waals surface area contributed by atoms with Crippen LogP contribution in [0, 0.1) is 0 Å². The van der Waals surface area contributed by atoms with Gasteiger partial charge in [0.15, 0.2) is 0 Å². The molecule has 100 valence electrons. The third kappa shape index (κ3) is 2.30. The van der Waals surface area contributed by atoms with Crippen LogP contribution in [0.5, 0.6) is 0 Å². The summed E-state index contributed by atoms with van der Waals surface area (Å²) < 4.78 is 7.66. The molecular formula is C13H21N3O2. The van der Waals surface area contributed by atoms with Crippen molar-refractivity contribution in [2.24, 2.45) is 0 Å². The van der Waals surface area contributed by atoms with Crippen LogP contribution in [-0.2, 0) is 11.3 Å². The normalized spacial score (nSPS) is 32.0. The fourth-order valence-electron chi connectivity index (χ4n) is 2.56. The molecule has 1 aromatic heterocycles. The zero-order valence-corrected chi connectivity index (χ0v) is 10.8. The Bertz CT molecular complexity index is 416. The topological polar surface area (TPSA) is 59.3 Å². The van der Waals surface area contributed by atoms with Crippen LogP contribution in [0.1, 0.15) is 37.9 Å². The minimum Gasteiger partial charge on any atom is -0.386 e. The summed E-state index contributed by atoms with van der Waals surface area (Å²) in [5.74, 6) is 0. The molecule has 1 aliphatic carbocycles. The summed E-state index contributed by atoms with van der Waals surface area (Å²) in [6.45, 7) is 3.91. The number of nitrogens with one attached hydrogen (secondary N) is 1. The fraction of sp³-hybridized carbons (Fsp3) is 0.769. The maximum atomic E-state index is 10.4. The molecule has 2 unspecified atom stereocenters. The molecule has 0 amide bonds. The van der Waals surface area contributed by atoms with Crippen molar-refractivity contribution in [2.45, 2.75) is 50.5 Å². The quantitative estimate of drug-likeness (QED) is 0.814. The van der Waals surface area contributed by atoms with Crippen molar-refractivity contribution in [1.82, 2.24) is 14.9 Å². The molecule has 5 heteroatoms. The van der Waals surface area contributed by atoms with E-state index in [1.165, 1.54) is 18.5 Å². The minimum absolute atomic E-state index is 0.0849. The number of aromatic nitrogens is 2. The molecule has 0 spiro atoms. The smallest absolute Gasteiger partial charge is 0.105 e. The zero-order chi connectivity index (χ0) is 12.6. The zero-order valence-electron chi connectivity index (χ0n) is 10.8. The van der Waals surface area contributed by atoms with E-state index in [4.69, 9.17) is 4.74 Å². The van der Waals surface area contributed by atoms with Gasteiger partial charge >= 0.3 is 0 Å². The summed E-state index contributed by atoms with van der Waals surface area (Å²) in [5.41, 5.74) is 0.484. The number of aliphatic hydroxyl groups is 1. The Balaban J connectivity index is 1.53. The van der Waals surface area contributed by atoms with Gasteiger partial charge in [0.25, 0.3) is 0 Å². The second-order valence-corrected chi connectivity index (χ2v) is 5.49. The largest absolute Gasteiger partial charge is 0.386 e. The average Bonchev–Trinajstić information content (AvgIpc) is 3.00. The number of hydrogen-bond acceptors (Lipinski definition) is 4. The van der Waals surface area contributed by atoms with E-state index in [-0.39, 0.29) is 6.10 Å². The van der Waals surface area contributed by atoms with Gasteiger partial charge in [0.2, 0.25) is 0 Å². The molecular weight excluding hydrogens is 230 g/mol. The summed E-state index contributed by atoms with van der Waals surface area (Å²) in [6.07, 6.45) is 6.96. The van der Waals surface area contributed by atoms with Crippen LogP contribution in [0.3, 0.4) is 0 Å². The molecule has 3 rings (SSSR count). The van der Waals surface area contributed by atoms with Crippen LogP contribution in [0.25, 0.3) is 0 Å². The van der Waals surface area contributed by atoms with Gasteiger partial charge in [-0.2, -0.15) is 0 Å². The molecule has 0 aromatic carbocycles. The maximum Gasteiger partial charge on any atom is 0.105 e. The van der Waals surface area contributed by atoms with Gasteiger partial charge in [0, 0.05) is 38.4 Å². The first-order chi connectivity index (χ1) is 8.69. The van der Waals surface area contributed by atoms with E-state index < -0.39 is 5.60 Å². The molecule has 2 aliphatic rings. The number of nitrogens with zero attached hydrogens (tertiary/aromatic N) is 2. The summed E-state index contributed by atoms with van der Waals surface area (Å²) in [5, 5.41) is 13.7. The van der Waals surface area contributed by atoms with E-state index in [0.717, 1.165) is 6.54 Å². The van der Waals surface area contributed by atoms with E-state index in [1.54, 1.807) is 0 Å². The van der Waals surface area contributed by atoms with Crippen LogP contribution >= 0.6 is 0 Å². The van der Waals surface area contributed by atoms with Crippen molar-refractivity contribution in [1.29, 1.82) is 0 Å². The Kier molecular flexibility index (Phi) is 3.13. The van der Waals surface area contributed by atoms with Crippen LogP contribution < -0.4 is 5.32 Å². The Morgan fingerprint density at radius 3 is 3.11 bits per heavy atom. The van der Waals surface area contributed by atoms with Gasteiger partial charge in [0.05, 0.1) is 18.1 Å². The van der Waals surface area contributed by atoms with Gasteiger partial charge < -0.3 is 19.7 Å². The van der Waals surface area contributed by atoms with Crippen molar-refractivity contribution >= 4 is 0 Å². The molecule has 2 N–H and O–H groups in total. The lowest BCUT2D eigenvalue weighted by Gasteiger charge is -2.26. The third-order valence-electron chi connectivity index (χ3n) is 4.08. The highest BCUT2D eigenvalue weighted by molar-refractivity contribution is 5.03. The van der Waals surface area contributed by atoms with Crippen molar-refractivity contribution in [3.63, 3.8) is 0 Å². The maximum absolute atomic E-state index is 10.4. The monoisotopic (exact) mass is 251 g/mol. The highest BCUT2D eigenvalue weighted by Gasteiger charge is 2.39. The number of rotatable bonds is 5. The van der Waals surface area contributed by atoms with Gasteiger partial charge in [0.1, 0.15) is 5.60 Å². The number of hydrogen-bond donors (Lipinski definition) is 2. The van der Waals surface area contributed by atoms with E-state index in [2.05, 4.69) is 14.9 Å². The first-order valence-corrected chi connectivity index (χ1v) is 6.74. The molecule has 1 aromatic rings. The van der Waals surface area contributed by atoms with Crippen LogP contribution in [0.2, 0.25) is 0 Å². The Hall–Kier alpha value is -0.910. The predicted molar refractivity (Wildman–Crippen MR) is 67.2 cm³/mol. The molecule has 1 aliphatic heterocycles. The number of imidazole rings is 1. The summed E-state index contributed by atoms with van der Waals surface area (Å²) >= 11 is 0. The van der Waals surface area contributed by atoms with Crippen molar-refractivity contribution in [3.8, 4) is 0 Å². The predicted octanol–water partition coefficient (Wildman–Crippen LogP) is 0.847. The molecule has 0 bridgehead atoms. The second-order valence-electron chi connectivity index (χ2n) is 5.49. The van der Waals surface area contributed by atoms with E-state index in [1.807, 2.05) is 19.4 Å². The molecule has 0 radical (unpaired) electrons. The van der Waals surface area contributed by atoms with Crippen LogP contribution in [0.15, 0.2) is 12.5 Å². The van der Waals surface area contributed by atoms with Crippen molar-refractivity contribution in [2.75, 3.05) is 13.2 Å². The Morgan fingerprint density at radius 2 is 2.44 bits per heavy atom. The molecule has 2 heterocycles. The molecule has 1 saturated heterocycles. The lowest BCUT2D eigenvalue weighted by molar-refractivity contribution is -0.0263. The van der Waals surface area contributed by atoms with Gasteiger partial charge in [-0.3, -0.25) is 0 Å².